The number of hydrogen-bond acceptors (Lipinski definition) is 6. The minimum Gasteiger partial charge on any atom is -0.496 e. The lowest BCUT2D eigenvalue weighted by atomic mass is 9.76. The molecule has 0 spiro atoms. The molecule has 0 amide bonds. The average molecular weight is 497 g/mol. The molecule has 0 aliphatic heterocycles. The fourth-order valence-corrected chi connectivity index (χ4v) is 4.73. The van der Waals surface area contributed by atoms with Crippen molar-refractivity contribution in [2.24, 2.45) is 11.8 Å². The van der Waals surface area contributed by atoms with Gasteiger partial charge in [0, 0.05) is 0 Å². The Morgan fingerprint density at radius 3 is 1.94 bits per heavy atom. The van der Waals surface area contributed by atoms with Gasteiger partial charge in [0.05, 0.1) is 29.9 Å². The molecule has 7 heteroatoms. The van der Waals surface area contributed by atoms with Gasteiger partial charge in [-0.2, -0.15) is 0 Å². The second-order valence-electron chi connectivity index (χ2n) is 8.92. The van der Waals surface area contributed by atoms with Crippen LogP contribution in [0, 0.1) is 11.8 Å². The summed E-state index contributed by atoms with van der Waals surface area (Å²) in [6.45, 7) is 2.61. The zero-order valence-electron chi connectivity index (χ0n) is 21.4. The molecular weight excluding hydrogens is 451 g/mol. The molecule has 1 aromatic rings. The van der Waals surface area contributed by atoms with Crippen molar-refractivity contribution in [3.05, 3.63) is 23.8 Å². The van der Waals surface area contributed by atoms with E-state index < -0.39 is 11.9 Å². The van der Waals surface area contributed by atoms with E-state index in [1.807, 2.05) is 0 Å². The SMILES string of the molecule is CCCCCCCCCCOC(=O)C(C(=O)c1c(OC)cccc1OC)C1CCCCC1.O=[PH3]. The van der Waals surface area contributed by atoms with E-state index >= 15 is 0 Å². The Bertz CT molecular complexity index is 695. The Hall–Kier alpha value is -1.81. The largest absolute Gasteiger partial charge is 0.496 e. The van der Waals surface area contributed by atoms with Crippen LogP contribution in [-0.2, 0) is 14.1 Å². The van der Waals surface area contributed by atoms with E-state index in [0.29, 0.717) is 32.8 Å². The highest BCUT2D eigenvalue weighted by Gasteiger charge is 2.39. The minimum atomic E-state index is -0.797. The van der Waals surface area contributed by atoms with Gasteiger partial charge >= 0.3 is 5.97 Å². The van der Waals surface area contributed by atoms with Crippen molar-refractivity contribution in [2.75, 3.05) is 20.8 Å². The first-order valence-electron chi connectivity index (χ1n) is 12.8. The lowest BCUT2D eigenvalue weighted by molar-refractivity contribution is -0.149. The molecule has 0 heterocycles. The monoisotopic (exact) mass is 496 g/mol. The number of ether oxygens (including phenoxy) is 3. The molecule has 194 valence electrons. The van der Waals surface area contributed by atoms with Crippen molar-refractivity contribution in [1.29, 1.82) is 0 Å². The molecule has 1 aliphatic rings. The normalized spacial score (nSPS) is 14.6. The van der Waals surface area contributed by atoms with E-state index in [1.165, 1.54) is 52.7 Å². The topological polar surface area (TPSA) is 78.9 Å². The number of rotatable bonds is 15. The summed E-state index contributed by atoms with van der Waals surface area (Å²) in [5, 5.41) is 0. The van der Waals surface area contributed by atoms with E-state index in [4.69, 9.17) is 18.8 Å². The standard InChI is InChI=1S/C27H42O5.H3OP/c1-4-5-6-7-8-9-10-14-20-32-27(29)24(21-16-12-11-13-17-21)26(28)25-22(30-2)18-15-19-23(25)31-3;1-2/h15,18-19,21,24H,4-14,16-17,20H2,1-3H3;2H3. The molecule has 2 atom stereocenters. The third-order valence-corrected chi connectivity index (χ3v) is 6.57. The fourth-order valence-electron chi connectivity index (χ4n) is 4.73. The number of benzene rings is 1. The molecule has 0 radical (unpaired) electrons. The van der Waals surface area contributed by atoms with Crippen molar-refractivity contribution >= 4 is 20.9 Å². The van der Waals surface area contributed by atoms with Crippen LogP contribution >= 0.6 is 9.12 Å². The van der Waals surface area contributed by atoms with Crippen LogP contribution < -0.4 is 9.47 Å². The first-order valence-corrected chi connectivity index (χ1v) is 13.4. The Kier molecular flexibility index (Phi) is 16.5. The number of hydrogen-bond donors (Lipinski definition) is 0. The van der Waals surface area contributed by atoms with Crippen LogP contribution in [0.2, 0.25) is 0 Å². The van der Waals surface area contributed by atoms with Crippen molar-refractivity contribution in [3.8, 4) is 11.5 Å². The van der Waals surface area contributed by atoms with E-state index in [9.17, 15) is 9.59 Å². The number of methoxy groups -OCH3 is 2. The fraction of sp³-hybridized carbons (Fsp3) is 0.704. The molecule has 1 aliphatic carbocycles. The first kappa shape index (κ1) is 30.2. The van der Waals surface area contributed by atoms with Crippen LogP contribution in [0.15, 0.2) is 18.2 Å². The second-order valence-corrected chi connectivity index (χ2v) is 8.92. The minimum absolute atomic E-state index is 0.0111. The van der Waals surface area contributed by atoms with Gasteiger partial charge in [-0.3, -0.25) is 9.59 Å². The molecule has 34 heavy (non-hydrogen) atoms. The summed E-state index contributed by atoms with van der Waals surface area (Å²) in [7, 11) is 3.67. The zero-order chi connectivity index (χ0) is 25.2. The highest BCUT2D eigenvalue weighted by Crippen LogP contribution is 2.37. The highest BCUT2D eigenvalue weighted by molar-refractivity contribution is 7.00. The molecule has 0 saturated heterocycles. The van der Waals surface area contributed by atoms with Crippen LogP contribution in [0.1, 0.15) is 101 Å². The second kappa shape index (κ2) is 18.5. The predicted molar refractivity (Wildman–Crippen MR) is 139 cm³/mol. The Balaban J connectivity index is 0.00000281. The molecule has 1 aromatic carbocycles. The van der Waals surface area contributed by atoms with Crippen molar-refractivity contribution in [3.63, 3.8) is 0 Å². The molecule has 2 unspecified atom stereocenters. The molecule has 2 rings (SSSR count). The maximum absolute atomic E-state index is 13.6. The van der Waals surface area contributed by atoms with Crippen LogP contribution in [-0.4, -0.2) is 32.6 Å². The van der Waals surface area contributed by atoms with Crippen molar-refractivity contribution < 1.29 is 28.4 Å². The van der Waals surface area contributed by atoms with Crippen LogP contribution in [0.25, 0.3) is 0 Å². The number of carbonyl (C=O) groups excluding carboxylic acids is 2. The van der Waals surface area contributed by atoms with Gasteiger partial charge in [0.15, 0.2) is 5.78 Å². The molecule has 0 aromatic heterocycles. The van der Waals surface area contributed by atoms with Crippen LogP contribution in [0.3, 0.4) is 0 Å². The third kappa shape index (κ3) is 9.82. The predicted octanol–water partition coefficient (Wildman–Crippen LogP) is 6.71. The lowest BCUT2D eigenvalue weighted by Crippen LogP contribution is -2.35. The van der Waals surface area contributed by atoms with E-state index in [1.54, 1.807) is 18.2 Å². The number of ketones is 1. The smallest absolute Gasteiger partial charge is 0.317 e. The summed E-state index contributed by atoms with van der Waals surface area (Å²) in [5.74, 6) is -0.548. The maximum Gasteiger partial charge on any atom is 0.317 e. The van der Waals surface area contributed by atoms with E-state index in [-0.39, 0.29) is 11.7 Å². The van der Waals surface area contributed by atoms with E-state index in [0.717, 1.165) is 44.9 Å². The number of carbonyl (C=O) groups is 2. The van der Waals surface area contributed by atoms with Gasteiger partial charge in [-0.15, -0.1) is 0 Å². The molecule has 6 nitrogen and oxygen atoms in total. The summed E-state index contributed by atoms with van der Waals surface area (Å²) in [6, 6.07) is 5.25. The summed E-state index contributed by atoms with van der Waals surface area (Å²) < 4.78 is 24.8. The first-order chi connectivity index (χ1) is 16.6. The van der Waals surface area contributed by atoms with Crippen LogP contribution in [0.5, 0.6) is 11.5 Å². The molecule has 1 saturated carbocycles. The zero-order valence-corrected chi connectivity index (χ0v) is 22.9. The highest BCUT2D eigenvalue weighted by atomic mass is 31.0. The van der Waals surface area contributed by atoms with E-state index in [2.05, 4.69) is 6.92 Å². The van der Waals surface area contributed by atoms with Gasteiger partial charge < -0.3 is 18.8 Å². The summed E-state index contributed by atoms with van der Waals surface area (Å²) >= 11 is 0. The van der Waals surface area contributed by atoms with Gasteiger partial charge in [0.2, 0.25) is 0 Å². The summed E-state index contributed by atoms with van der Waals surface area (Å²) in [6.07, 6.45) is 14.5. The number of Topliss-reactive ketones (excluding diaryl/α,β-unsaturated/α-hetero) is 1. The quantitative estimate of drug-likeness (QED) is 0.0883. The Labute approximate surface area is 207 Å². The van der Waals surface area contributed by atoms with Gasteiger partial charge in [-0.25, -0.2) is 0 Å². The Morgan fingerprint density at radius 2 is 1.41 bits per heavy atom. The van der Waals surface area contributed by atoms with Gasteiger partial charge in [-0.05, 0) is 37.3 Å². The maximum atomic E-state index is 13.6. The van der Waals surface area contributed by atoms with Gasteiger partial charge in [0.1, 0.15) is 23.0 Å². The Morgan fingerprint density at radius 1 is 0.882 bits per heavy atom. The lowest BCUT2D eigenvalue weighted by Gasteiger charge is -2.28. The summed E-state index contributed by atoms with van der Waals surface area (Å²) in [4.78, 5) is 26.8. The van der Waals surface area contributed by atoms with Crippen LogP contribution in [0.4, 0.5) is 0 Å². The molecule has 1 fully saturated rings. The number of unbranched alkanes of at least 4 members (excludes halogenated alkanes) is 7. The third-order valence-electron chi connectivity index (χ3n) is 6.57. The average Bonchev–Trinajstić information content (AvgIpc) is 2.89. The van der Waals surface area contributed by atoms with Gasteiger partial charge in [-0.1, -0.05) is 77.2 Å². The molecule has 0 bridgehead atoms. The summed E-state index contributed by atoms with van der Waals surface area (Å²) in [5.41, 5.74) is 0.345. The van der Waals surface area contributed by atoms with Crippen molar-refractivity contribution in [2.45, 2.75) is 90.4 Å². The molecular formula is C27H45O6P. The van der Waals surface area contributed by atoms with Crippen molar-refractivity contribution in [1.82, 2.24) is 0 Å². The molecule has 0 N–H and O–H groups in total. The number of esters is 1. The van der Waals surface area contributed by atoms with Gasteiger partial charge in [0.25, 0.3) is 0 Å².